The molecule has 2 nitrogen and oxygen atoms in total. The Labute approximate surface area is 101 Å². The van der Waals surface area contributed by atoms with Crippen molar-refractivity contribution in [2.45, 2.75) is 71.0 Å². The normalized spacial score (nSPS) is 30.9. The molecule has 0 spiro atoms. The first-order valence-corrected chi connectivity index (χ1v) is 6.94. The highest BCUT2D eigenvalue weighted by Crippen LogP contribution is 2.37. The molecular formula is C14H29NO. The Kier molecular flexibility index (Phi) is 5.77. The Morgan fingerprint density at radius 2 is 1.94 bits per heavy atom. The second-order valence-corrected chi connectivity index (χ2v) is 5.61. The summed E-state index contributed by atoms with van der Waals surface area (Å²) < 4.78 is 6.18. The second kappa shape index (κ2) is 6.61. The Morgan fingerprint density at radius 1 is 1.31 bits per heavy atom. The van der Waals surface area contributed by atoms with Crippen molar-refractivity contribution in [2.24, 2.45) is 5.92 Å². The highest BCUT2D eigenvalue weighted by Gasteiger charge is 2.36. The summed E-state index contributed by atoms with van der Waals surface area (Å²) in [5, 5.41) is 3.31. The third kappa shape index (κ3) is 4.06. The number of likely N-dealkylation sites (N-methyl/N-ethyl adjacent to an activating group) is 1. The van der Waals surface area contributed by atoms with E-state index in [1.165, 1.54) is 38.5 Å². The number of rotatable bonds is 6. The van der Waals surface area contributed by atoms with Crippen molar-refractivity contribution in [1.29, 1.82) is 0 Å². The van der Waals surface area contributed by atoms with Gasteiger partial charge in [0.1, 0.15) is 0 Å². The fourth-order valence-corrected chi connectivity index (χ4v) is 3.06. The van der Waals surface area contributed by atoms with Crippen LogP contribution in [0.2, 0.25) is 0 Å². The molecule has 0 saturated heterocycles. The summed E-state index contributed by atoms with van der Waals surface area (Å²) in [5.41, 5.74) is 0.118. The minimum atomic E-state index is 0.118. The Hall–Kier alpha value is -0.0800. The molecule has 2 heteroatoms. The first kappa shape index (κ1) is 14.0. The van der Waals surface area contributed by atoms with Crippen molar-refractivity contribution in [2.75, 3.05) is 13.6 Å². The first-order chi connectivity index (χ1) is 7.62. The molecule has 1 saturated carbocycles. The summed E-state index contributed by atoms with van der Waals surface area (Å²) in [5.74, 6) is 0.950. The molecule has 1 aliphatic rings. The molecule has 0 heterocycles. The number of ether oxygens (including phenoxy) is 1. The molecule has 0 aromatic carbocycles. The molecule has 96 valence electrons. The molecule has 1 fully saturated rings. The standard InChI is InChI=1S/C14H29NO/c1-5-6-13-7-9-14(10-8-13,11-15-4)16-12(2)3/h12-13,15H,5-11H2,1-4H3. The lowest BCUT2D eigenvalue weighted by molar-refractivity contribution is -0.105. The highest BCUT2D eigenvalue weighted by atomic mass is 16.5. The van der Waals surface area contributed by atoms with Crippen LogP contribution in [-0.2, 0) is 4.74 Å². The van der Waals surface area contributed by atoms with Crippen LogP contribution in [0.25, 0.3) is 0 Å². The van der Waals surface area contributed by atoms with E-state index in [-0.39, 0.29) is 5.60 Å². The first-order valence-electron chi connectivity index (χ1n) is 6.94. The van der Waals surface area contributed by atoms with E-state index in [1.54, 1.807) is 0 Å². The molecule has 1 N–H and O–H groups in total. The largest absolute Gasteiger partial charge is 0.371 e. The van der Waals surface area contributed by atoms with E-state index in [9.17, 15) is 0 Å². The van der Waals surface area contributed by atoms with Gasteiger partial charge in [-0.1, -0.05) is 19.8 Å². The summed E-state index contributed by atoms with van der Waals surface area (Å²) in [6.07, 6.45) is 8.24. The van der Waals surface area contributed by atoms with Crippen LogP contribution < -0.4 is 5.32 Å². The summed E-state index contributed by atoms with van der Waals surface area (Å²) in [6.45, 7) is 7.59. The van der Waals surface area contributed by atoms with Crippen LogP contribution in [0.4, 0.5) is 0 Å². The maximum absolute atomic E-state index is 6.18. The van der Waals surface area contributed by atoms with Gasteiger partial charge in [-0.25, -0.2) is 0 Å². The number of nitrogens with one attached hydrogen (secondary N) is 1. The second-order valence-electron chi connectivity index (χ2n) is 5.61. The van der Waals surface area contributed by atoms with E-state index in [0.717, 1.165) is 12.5 Å². The van der Waals surface area contributed by atoms with Gasteiger partial charge in [-0.15, -0.1) is 0 Å². The average molecular weight is 227 g/mol. The van der Waals surface area contributed by atoms with E-state index in [2.05, 4.69) is 26.1 Å². The van der Waals surface area contributed by atoms with Crippen LogP contribution in [0.1, 0.15) is 59.3 Å². The van der Waals surface area contributed by atoms with Crippen LogP contribution >= 0.6 is 0 Å². The minimum absolute atomic E-state index is 0.118. The molecule has 1 rings (SSSR count). The van der Waals surface area contributed by atoms with Gasteiger partial charge < -0.3 is 10.1 Å². The molecule has 0 amide bonds. The predicted molar refractivity (Wildman–Crippen MR) is 69.7 cm³/mol. The molecular weight excluding hydrogens is 198 g/mol. The van der Waals surface area contributed by atoms with Crippen LogP contribution in [-0.4, -0.2) is 25.3 Å². The van der Waals surface area contributed by atoms with Crippen LogP contribution in [0, 0.1) is 5.92 Å². The van der Waals surface area contributed by atoms with Crippen molar-refractivity contribution in [3.05, 3.63) is 0 Å². The number of hydrogen-bond donors (Lipinski definition) is 1. The van der Waals surface area contributed by atoms with Gasteiger partial charge in [0.2, 0.25) is 0 Å². The Bertz CT molecular complexity index is 183. The summed E-state index contributed by atoms with van der Waals surface area (Å²) >= 11 is 0. The van der Waals surface area contributed by atoms with Gasteiger partial charge >= 0.3 is 0 Å². The molecule has 0 radical (unpaired) electrons. The smallest absolute Gasteiger partial charge is 0.0809 e. The zero-order valence-electron chi connectivity index (χ0n) is 11.5. The maximum Gasteiger partial charge on any atom is 0.0809 e. The summed E-state index contributed by atoms with van der Waals surface area (Å²) in [6, 6.07) is 0. The maximum atomic E-state index is 6.18. The Morgan fingerprint density at radius 3 is 2.38 bits per heavy atom. The lowest BCUT2D eigenvalue weighted by Gasteiger charge is -2.41. The van der Waals surface area contributed by atoms with Crippen molar-refractivity contribution in [1.82, 2.24) is 5.32 Å². The lowest BCUT2D eigenvalue weighted by Crippen LogP contribution is -2.46. The van der Waals surface area contributed by atoms with Crippen molar-refractivity contribution in [3.8, 4) is 0 Å². The molecule has 0 aromatic rings. The molecule has 16 heavy (non-hydrogen) atoms. The SMILES string of the molecule is CCCC1CCC(CNC)(OC(C)C)CC1. The van der Waals surface area contributed by atoms with Gasteiger partial charge in [0.05, 0.1) is 11.7 Å². The van der Waals surface area contributed by atoms with Crippen LogP contribution in [0.3, 0.4) is 0 Å². The van der Waals surface area contributed by atoms with Crippen molar-refractivity contribution < 1.29 is 4.74 Å². The van der Waals surface area contributed by atoms with E-state index in [1.807, 2.05) is 7.05 Å². The fraction of sp³-hybridized carbons (Fsp3) is 1.00. The van der Waals surface area contributed by atoms with E-state index in [0.29, 0.717) is 6.10 Å². The average Bonchev–Trinajstić information content (AvgIpc) is 2.21. The lowest BCUT2D eigenvalue weighted by atomic mass is 9.77. The molecule has 0 unspecified atom stereocenters. The topological polar surface area (TPSA) is 21.3 Å². The van der Waals surface area contributed by atoms with Gasteiger partial charge in [0.15, 0.2) is 0 Å². The molecule has 1 aliphatic carbocycles. The zero-order chi connectivity index (χ0) is 12.0. The van der Waals surface area contributed by atoms with E-state index < -0.39 is 0 Å². The molecule has 0 aliphatic heterocycles. The summed E-state index contributed by atoms with van der Waals surface area (Å²) in [7, 11) is 2.03. The van der Waals surface area contributed by atoms with Gasteiger partial charge in [0.25, 0.3) is 0 Å². The van der Waals surface area contributed by atoms with E-state index >= 15 is 0 Å². The monoisotopic (exact) mass is 227 g/mol. The van der Waals surface area contributed by atoms with Crippen LogP contribution in [0.5, 0.6) is 0 Å². The molecule has 0 bridgehead atoms. The van der Waals surface area contributed by atoms with Crippen molar-refractivity contribution >= 4 is 0 Å². The Balaban J connectivity index is 2.48. The van der Waals surface area contributed by atoms with Gasteiger partial charge in [-0.05, 0) is 52.5 Å². The highest BCUT2D eigenvalue weighted by molar-refractivity contribution is 4.89. The zero-order valence-corrected chi connectivity index (χ0v) is 11.5. The number of hydrogen-bond acceptors (Lipinski definition) is 2. The third-order valence-electron chi connectivity index (χ3n) is 3.70. The third-order valence-corrected chi connectivity index (χ3v) is 3.70. The predicted octanol–water partition coefficient (Wildman–Crippen LogP) is 3.36. The quantitative estimate of drug-likeness (QED) is 0.751. The molecule has 0 atom stereocenters. The minimum Gasteiger partial charge on any atom is -0.371 e. The van der Waals surface area contributed by atoms with Crippen LogP contribution in [0.15, 0.2) is 0 Å². The van der Waals surface area contributed by atoms with Gasteiger partial charge in [-0.3, -0.25) is 0 Å². The van der Waals surface area contributed by atoms with Gasteiger partial charge in [0, 0.05) is 6.54 Å². The molecule has 0 aromatic heterocycles. The van der Waals surface area contributed by atoms with E-state index in [4.69, 9.17) is 4.74 Å². The fourth-order valence-electron chi connectivity index (χ4n) is 3.06. The van der Waals surface area contributed by atoms with Gasteiger partial charge in [-0.2, -0.15) is 0 Å². The van der Waals surface area contributed by atoms with Crippen molar-refractivity contribution in [3.63, 3.8) is 0 Å². The summed E-state index contributed by atoms with van der Waals surface area (Å²) in [4.78, 5) is 0.